The molecule has 0 amide bonds. The van der Waals surface area contributed by atoms with Crippen molar-refractivity contribution in [3.05, 3.63) is 54.0 Å². The summed E-state index contributed by atoms with van der Waals surface area (Å²) in [4.78, 5) is 11.3. The van der Waals surface area contributed by atoms with Crippen molar-refractivity contribution in [3.8, 4) is 11.3 Å². The van der Waals surface area contributed by atoms with Crippen LogP contribution in [0.2, 0.25) is 0 Å². The van der Waals surface area contributed by atoms with Crippen LogP contribution < -0.4 is 5.73 Å². The molecule has 2 aliphatic carbocycles. The van der Waals surface area contributed by atoms with E-state index in [0.717, 1.165) is 48.3 Å². The molecule has 184 valence electrons. The van der Waals surface area contributed by atoms with Crippen molar-refractivity contribution < 1.29 is 13.2 Å². The van der Waals surface area contributed by atoms with Crippen LogP contribution in [0.25, 0.3) is 28.5 Å². The van der Waals surface area contributed by atoms with E-state index in [4.69, 9.17) is 10.7 Å². The average Bonchev–Trinajstić information content (AvgIpc) is 3.47. The topological polar surface area (TPSA) is 72.3 Å². The van der Waals surface area contributed by atoms with Crippen molar-refractivity contribution in [2.75, 3.05) is 12.7 Å². The highest BCUT2D eigenvalue weighted by Gasteiger charge is 2.33. The summed E-state index contributed by atoms with van der Waals surface area (Å²) in [7, 11) is 0. The minimum absolute atomic E-state index is 0.303. The maximum Gasteiger partial charge on any atom is 0.229 e. The summed E-state index contributed by atoms with van der Waals surface area (Å²) in [5.41, 5.74) is 10.4. The largest absolute Gasteiger partial charge is 0.382 e. The second-order valence-corrected chi connectivity index (χ2v) is 9.63. The van der Waals surface area contributed by atoms with E-state index in [0.29, 0.717) is 40.5 Å². The van der Waals surface area contributed by atoms with Gasteiger partial charge in [-0.1, -0.05) is 26.3 Å². The molecule has 0 radical (unpaired) electrons. The molecule has 2 N–H and O–H groups in total. The Kier molecular flexibility index (Phi) is 6.25. The number of anilines is 1. The van der Waals surface area contributed by atoms with Gasteiger partial charge >= 0.3 is 0 Å². The number of alkyl halides is 2. The van der Waals surface area contributed by atoms with Gasteiger partial charge in [-0.25, -0.2) is 27.7 Å². The maximum absolute atomic E-state index is 15.4. The van der Waals surface area contributed by atoms with Crippen LogP contribution in [-0.4, -0.2) is 37.5 Å². The zero-order chi connectivity index (χ0) is 24.7. The number of fused-ring (bicyclic) bond motifs is 2. The Morgan fingerprint density at radius 3 is 2.54 bits per heavy atom. The summed E-state index contributed by atoms with van der Waals surface area (Å²) in [6.07, 6.45) is 12.4. The number of halogens is 3. The second-order valence-electron chi connectivity index (χ2n) is 9.63. The standard InChI is InChI=1S/C25H27FN6.CH2F2/c1-14-9-17(10-14)25-30-22(23-24(27)28-13-29-32(23)25)20-12-19-15(2)31(18-5-3-4-6-18)8-7-16(19)11-21(20)26;2-1-3/h7-8,11-14,17-18H,2-6,9-10H2,1H3,(H2,27,28,29);1H2. The Hall–Kier alpha value is -3.36. The smallest absolute Gasteiger partial charge is 0.229 e. The molecule has 0 saturated heterocycles. The van der Waals surface area contributed by atoms with Gasteiger partial charge in [-0.2, -0.15) is 5.10 Å². The summed E-state index contributed by atoms with van der Waals surface area (Å²) in [6.45, 7) is 4.85. The second kappa shape index (κ2) is 9.36. The van der Waals surface area contributed by atoms with Crippen LogP contribution in [0.1, 0.15) is 68.3 Å². The molecule has 35 heavy (non-hydrogen) atoms. The van der Waals surface area contributed by atoms with Crippen molar-refractivity contribution in [1.29, 1.82) is 0 Å². The van der Waals surface area contributed by atoms with Crippen molar-refractivity contribution in [1.82, 2.24) is 24.5 Å². The minimum atomic E-state index is -1.75. The summed E-state index contributed by atoms with van der Waals surface area (Å²) in [5.74, 6) is 1.78. The highest BCUT2D eigenvalue weighted by Crippen LogP contribution is 2.44. The molecule has 0 atom stereocenters. The Bertz CT molecular complexity index is 1290. The Balaban J connectivity index is 0.000000806. The molecule has 2 fully saturated rings. The number of benzene rings is 1. The predicted octanol–water partition coefficient (Wildman–Crippen LogP) is 6.11. The first-order valence-electron chi connectivity index (χ1n) is 12.0. The summed E-state index contributed by atoms with van der Waals surface area (Å²) < 4.78 is 36.4. The third-order valence-corrected chi connectivity index (χ3v) is 7.37. The minimum Gasteiger partial charge on any atom is -0.382 e. The quantitative estimate of drug-likeness (QED) is 0.488. The number of nitrogens with zero attached hydrogens (tertiary/aromatic N) is 5. The summed E-state index contributed by atoms with van der Waals surface area (Å²) in [6, 6.07) is 3.92. The third-order valence-electron chi connectivity index (χ3n) is 7.37. The number of hydrogen-bond acceptors (Lipinski definition) is 5. The van der Waals surface area contributed by atoms with E-state index in [9.17, 15) is 8.78 Å². The number of hydrogen-bond donors (Lipinski definition) is 1. The molecular formula is C26H29F3N6. The fourth-order valence-corrected chi connectivity index (χ4v) is 5.61. The van der Waals surface area contributed by atoms with E-state index in [1.807, 2.05) is 18.3 Å². The lowest BCUT2D eigenvalue weighted by molar-refractivity contribution is 0.275. The van der Waals surface area contributed by atoms with Crippen molar-refractivity contribution >= 4 is 23.1 Å². The van der Waals surface area contributed by atoms with Crippen LogP contribution in [0.15, 0.2) is 31.2 Å². The van der Waals surface area contributed by atoms with E-state index < -0.39 is 6.93 Å². The molecule has 6 rings (SSSR count). The fraction of sp³-hybridized carbons (Fsp3) is 0.423. The highest BCUT2D eigenvalue weighted by molar-refractivity contribution is 5.88. The first kappa shape index (κ1) is 23.4. The molecule has 3 aromatic rings. The maximum atomic E-state index is 15.4. The van der Waals surface area contributed by atoms with Gasteiger partial charge in [0, 0.05) is 35.0 Å². The van der Waals surface area contributed by atoms with Crippen LogP contribution in [0.4, 0.5) is 19.0 Å². The first-order valence-corrected chi connectivity index (χ1v) is 12.0. The Morgan fingerprint density at radius 1 is 1.14 bits per heavy atom. The number of rotatable bonds is 3. The van der Waals surface area contributed by atoms with Gasteiger partial charge < -0.3 is 10.6 Å². The van der Waals surface area contributed by atoms with E-state index in [-0.39, 0.29) is 5.82 Å². The molecule has 1 aliphatic heterocycles. The molecule has 0 unspecified atom stereocenters. The molecule has 9 heteroatoms. The lowest BCUT2D eigenvalue weighted by Gasteiger charge is -2.33. The molecule has 2 saturated carbocycles. The number of aromatic nitrogens is 4. The van der Waals surface area contributed by atoms with E-state index in [2.05, 4.69) is 28.5 Å². The molecule has 3 aliphatic rings. The normalized spacial score (nSPS) is 21.6. The summed E-state index contributed by atoms with van der Waals surface area (Å²) >= 11 is 0. The van der Waals surface area contributed by atoms with E-state index >= 15 is 4.39 Å². The zero-order valence-corrected chi connectivity index (χ0v) is 19.7. The van der Waals surface area contributed by atoms with Crippen LogP contribution in [-0.2, 0) is 0 Å². The molecule has 0 bridgehead atoms. The van der Waals surface area contributed by atoms with Crippen molar-refractivity contribution in [2.24, 2.45) is 5.92 Å². The van der Waals surface area contributed by atoms with Crippen LogP contribution in [0.3, 0.4) is 0 Å². The Morgan fingerprint density at radius 2 is 1.86 bits per heavy atom. The van der Waals surface area contributed by atoms with Crippen LogP contribution >= 0.6 is 0 Å². The predicted molar refractivity (Wildman–Crippen MR) is 131 cm³/mol. The molecular weight excluding hydrogens is 453 g/mol. The number of nitrogens with two attached hydrogens (primary N) is 1. The highest BCUT2D eigenvalue weighted by atomic mass is 19.3. The van der Waals surface area contributed by atoms with Gasteiger partial charge in [-0.3, -0.25) is 0 Å². The van der Waals surface area contributed by atoms with Gasteiger partial charge in [0.05, 0.1) is 0 Å². The molecule has 1 aromatic carbocycles. The van der Waals surface area contributed by atoms with E-state index in [1.54, 1.807) is 10.6 Å². The molecule has 0 spiro atoms. The van der Waals surface area contributed by atoms with Gasteiger partial charge in [-0.05, 0) is 55.4 Å². The van der Waals surface area contributed by atoms with Gasteiger partial charge in [0.25, 0.3) is 0 Å². The van der Waals surface area contributed by atoms with Crippen LogP contribution in [0.5, 0.6) is 0 Å². The Labute approximate surface area is 202 Å². The average molecular weight is 483 g/mol. The molecule has 3 heterocycles. The zero-order valence-electron chi connectivity index (χ0n) is 19.7. The van der Waals surface area contributed by atoms with Crippen molar-refractivity contribution in [2.45, 2.75) is 57.4 Å². The van der Waals surface area contributed by atoms with Gasteiger partial charge in [-0.15, -0.1) is 0 Å². The SMILES string of the molecule is C=C1c2cc(-c3nc(C4CC(C)C4)n4ncnc(N)c34)c(F)cc2C=CN1C1CCCC1.FCF. The van der Waals surface area contributed by atoms with Gasteiger partial charge in [0.15, 0.2) is 5.82 Å². The number of imidazole rings is 1. The lowest BCUT2D eigenvalue weighted by atomic mass is 9.76. The third kappa shape index (κ3) is 4.06. The fourth-order valence-electron chi connectivity index (χ4n) is 5.61. The lowest BCUT2D eigenvalue weighted by Crippen LogP contribution is -2.28. The van der Waals surface area contributed by atoms with Crippen molar-refractivity contribution in [3.63, 3.8) is 0 Å². The first-order chi connectivity index (χ1) is 16.9. The number of nitrogen functional groups attached to an aromatic ring is 1. The van der Waals surface area contributed by atoms with Crippen LogP contribution in [0, 0.1) is 11.7 Å². The summed E-state index contributed by atoms with van der Waals surface area (Å²) in [5, 5.41) is 4.42. The molecule has 2 aromatic heterocycles. The van der Waals surface area contributed by atoms with E-state index in [1.165, 1.54) is 19.2 Å². The molecule has 6 nitrogen and oxygen atoms in total. The van der Waals surface area contributed by atoms with Gasteiger partial charge in [0.1, 0.15) is 29.2 Å². The monoisotopic (exact) mass is 482 g/mol. The van der Waals surface area contributed by atoms with Gasteiger partial charge in [0.2, 0.25) is 6.93 Å².